The highest BCUT2D eigenvalue weighted by atomic mass is 16.5. The molecule has 0 saturated heterocycles. The van der Waals surface area contributed by atoms with Gasteiger partial charge in [-0.15, -0.1) is 0 Å². The summed E-state index contributed by atoms with van der Waals surface area (Å²) in [6.45, 7) is 1.90. The summed E-state index contributed by atoms with van der Waals surface area (Å²) in [5.74, 6) is 8.82. The van der Waals surface area contributed by atoms with Crippen molar-refractivity contribution >= 4 is 17.9 Å². The first-order chi connectivity index (χ1) is 28.2. The van der Waals surface area contributed by atoms with E-state index in [-0.39, 0.29) is 41.4 Å². The van der Waals surface area contributed by atoms with Crippen LogP contribution in [0.2, 0.25) is 0 Å². The summed E-state index contributed by atoms with van der Waals surface area (Å²) < 4.78 is 25.8. The van der Waals surface area contributed by atoms with E-state index >= 15 is 0 Å². The molecule has 10 rings (SSSR count). The Morgan fingerprint density at radius 3 is 2.76 bits per heavy atom. The topological polar surface area (TPSA) is 145 Å². The van der Waals surface area contributed by atoms with Gasteiger partial charge in [-0.1, -0.05) is 49.1 Å². The standard InChI is InChI=1S/C48H49N3O7/c1-26(52)56-25-37-34-13-14-35-42-30(19-33(53)21-40(42)55-2)23-48-17-16-27(22-48)18-28-10-15-41(49)51-38(28)9-5-6-29-20-39(54)45-36(43(29)46(37)58-47(34)44(35)48)12-11-32(24-57-45)50-31-7-3-4-8-31/h10-15,19-21,27,31-32,37,46,50,53-54H,3-4,6-8,16-18,22-25H2,1-2H3,(H2,49,51). The fourth-order valence-corrected chi connectivity index (χ4v) is 11.1. The second kappa shape index (κ2) is 14.3. The number of ether oxygens (including phenoxy) is 4. The number of aromatic nitrogens is 1. The number of carbonyl (C=O) groups is 1. The molecule has 0 radical (unpaired) electrons. The van der Waals surface area contributed by atoms with Crippen LogP contribution in [-0.4, -0.2) is 53.6 Å². The lowest BCUT2D eigenvalue weighted by atomic mass is 9.65. The molecule has 5 unspecified atom stereocenters. The molecule has 4 bridgehead atoms. The first-order valence-electron chi connectivity index (χ1n) is 20.8. The number of nitrogens with two attached hydrogens (primary N) is 1. The van der Waals surface area contributed by atoms with Crippen LogP contribution >= 0.6 is 0 Å². The molecule has 5 N–H and O–H groups in total. The van der Waals surface area contributed by atoms with Crippen LogP contribution in [0.5, 0.6) is 28.7 Å². The van der Waals surface area contributed by atoms with E-state index in [2.05, 4.69) is 47.5 Å². The second-order valence-electron chi connectivity index (χ2n) is 17.2. The number of hydrogen-bond acceptors (Lipinski definition) is 10. The number of esters is 1. The maximum Gasteiger partial charge on any atom is 0.302 e. The van der Waals surface area contributed by atoms with Gasteiger partial charge in [0.2, 0.25) is 0 Å². The van der Waals surface area contributed by atoms with Crippen molar-refractivity contribution in [2.75, 3.05) is 26.1 Å². The lowest BCUT2D eigenvalue weighted by Crippen LogP contribution is -2.38. The average molecular weight is 780 g/mol. The molecular weight excluding hydrogens is 731 g/mol. The van der Waals surface area contributed by atoms with Crippen molar-refractivity contribution in [1.82, 2.24) is 10.3 Å². The number of nitrogens with zero attached hydrogens (tertiary/aromatic N) is 1. The Bertz CT molecular complexity index is 2440. The van der Waals surface area contributed by atoms with Gasteiger partial charge >= 0.3 is 5.97 Å². The number of methoxy groups -OCH3 is 1. The number of fused-ring (bicyclic) bond motifs is 9. The molecule has 58 heavy (non-hydrogen) atoms. The summed E-state index contributed by atoms with van der Waals surface area (Å²) in [5, 5.41) is 26.4. The molecule has 10 nitrogen and oxygen atoms in total. The van der Waals surface area contributed by atoms with Crippen LogP contribution in [0.1, 0.15) is 109 Å². The van der Waals surface area contributed by atoms with Gasteiger partial charge in [0.15, 0.2) is 11.5 Å². The second-order valence-corrected chi connectivity index (χ2v) is 17.2. The van der Waals surface area contributed by atoms with Crippen molar-refractivity contribution in [2.24, 2.45) is 5.92 Å². The van der Waals surface area contributed by atoms with E-state index in [1.54, 1.807) is 19.2 Å². The number of nitrogen functional groups attached to an aromatic ring is 1. The largest absolute Gasteiger partial charge is 0.508 e. The molecule has 3 aliphatic carbocycles. The van der Waals surface area contributed by atoms with Crippen LogP contribution in [0.3, 0.4) is 0 Å². The van der Waals surface area contributed by atoms with E-state index in [9.17, 15) is 15.0 Å². The lowest BCUT2D eigenvalue weighted by molar-refractivity contribution is -0.141. The quantitative estimate of drug-likeness (QED) is 0.118. The van der Waals surface area contributed by atoms with Gasteiger partial charge in [-0.3, -0.25) is 4.79 Å². The first kappa shape index (κ1) is 36.7. The highest BCUT2D eigenvalue weighted by molar-refractivity contribution is 5.84. The van der Waals surface area contributed by atoms with Crippen LogP contribution in [-0.2, 0) is 34.2 Å². The van der Waals surface area contributed by atoms with Gasteiger partial charge in [0.05, 0.1) is 19.1 Å². The molecule has 6 aliphatic rings. The molecule has 4 aromatic rings. The van der Waals surface area contributed by atoms with Crippen molar-refractivity contribution < 1.29 is 34.0 Å². The molecular formula is C48H49N3O7. The number of pyridine rings is 1. The van der Waals surface area contributed by atoms with Gasteiger partial charge in [-0.25, -0.2) is 4.98 Å². The highest BCUT2D eigenvalue weighted by Crippen LogP contribution is 2.63. The van der Waals surface area contributed by atoms with Crippen LogP contribution in [0.4, 0.5) is 5.82 Å². The Labute approximate surface area is 338 Å². The van der Waals surface area contributed by atoms with Gasteiger partial charge in [0.25, 0.3) is 0 Å². The smallest absolute Gasteiger partial charge is 0.302 e. The van der Waals surface area contributed by atoms with Crippen molar-refractivity contribution in [3.8, 4) is 51.7 Å². The number of anilines is 1. The zero-order valence-corrected chi connectivity index (χ0v) is 33.0. The Hall–Kier alpha value is -5.66. The monoisotopic (exact) mass is 779 g/mol. The Kier molecular flexibility index (Phi) is 9.05. The molecule has 1 aromatic heterocycles. The zero-order valence-electron chi connectivity index (χ0n) is 33.0. The number of carbonyl (C=O) groups excluding carboxylic acids is 1. The minimum absolute atomic E-state index is 0.0371. The number of aromatic hydroxyl groups is 2. The van der Waals surface area contributed by atoms with Gasteiger partial charge in [-0.2, -0.15) is 0 Å². The summed E-state index contributed by atoms with van der Waals surface area (Å²) >= 11 is 0. The summed E-state index contributed by atoms with van der Waals surface area (Å²) in [5.41, 5.74) is 15.2. The van der Waals surface area contributed by atoms with Gasteiger partial charge < -0.3 is 40.2 Å². The minimum Gasteiger partial charge on any atom is -0.508 e. The SMILES string of the molecule is COc1cc(O)cc2c1-c1ccc3c4c1C1(CCC(Cc5ccc(N)nc5C#CCc5cc(O)c6c(c5C(O4)C3COC(C)=O)C=CC(NC3CCCC3)CO6)C1)C2. The molecule has 2 saturated carbocycles. The summed E-state index contributed by atoms with van der Waals surface area (Å²) in [4.78, 5) is 17.3. The Morgan fingerprint density at radius 1 is 1.07 bits per heavy atom. The molecule has 10 heteroatoms. The van der Waals surface area contributed by atoms with Crippen molar-refractivity contribution in [3.63, 3.8) is 0 Å². The van der Waals surface area contributed by atoms with E-state index in [0.29, 0.717) is 54.4 Å². The van der Waals surface area contributed by atoms with Gasteiger partial charge in [-0.05, 0) is 97.2 Å². The van der Waals surface area contributed by atoms with Crippen molar-refractivity contribution in [1.29, 1.82) is 0 Å². The fraction of sp³-hybridized carbons (Fsp3) is 0.417. The van der Waals surface area contributed by atoms with E-state index in [0.717, 1.165) is 94.3 Å². The Morgan fingerprint density at radius 2 is 1.93 bits per heavy atom. The number of phenolic OH excluding ortho intramolecular Hbond substituents is 2. The summed E-state index contributed by atoms with van der Waals surface area (Å²) in [6.07, 6.45) is 12.9. The minimum atomic E-state index is -0.608. The van der Waals surface area contributed by atoms with Crippen molar-refractivity contribution in [3.05, 3.63) is 93.2 Å². The van der Waals surface area contributed by atoms with E-state index in [4.69, 9.17) is 29.7 Å². The first-order valence-corrected chi connectivity index (χ1v) is 20.8. The third kappa shape index (κ3) is 6.22. The summed E-state index contributed by atoms with van der Waals surface area (Å²) in [6, 6.07) is 13.9. The molecule has 3 aromatic carbocycles. The van der Waals surface area contributed by atoms with E-state index in [1.807, 2.05) is 12.1 Å². The maximum absolute atomic E-state index is 12.5. The highest BCUT2D eigenvalue weighted by Gasteiger charge is 2.51. The fourth-order valence-electron chi connectivity index (χ4n) is 11.1. The lowest BCUT2D eigenvalue weighted by Gasteiger charge is -2.39. The number of hydrogen-bond donors (Lipinski definition) is 4. The normalized spacial score (nSPS) is 24.9. The molecule has 4 heterocycles. The van der Waals surface area contributed by atoms with Crippen LogP contribution in [0.25, 0.3) is 17.2 Å². The van der Waals surface area contributed by atoms with Crippen LogP contribution in [0.15, 0.2) is 48.5 Å². The molecule has 0 amide bonds. The molecule has 2 fully saturated rings. The van der Waals surface area contributed by atoms with E-state index < -0.39 is 6.10 Å². The third-order valence-electron chi connectivity index (χ3n) is 13.5. The maximum atomic E-state index is 12.5. The molecule has 5 atom stereocenters. The van der Waals surface area contributed by atoms with Gasteiger partial charge in [0, 0.05) is 58.7 Å². The molecule has 298 valence electrons. The predicted molar refractivity (Wildman–Crippen MR) is 220 cm³/mol. The Balaban J connectivity index is 1.21. The number of benzene rings is 3. The van der Waals surface area contributed by atoms with Gasteiger partial charge in [0.1, 0.15) is 48.1 Å². The van der Waals surface area contributed by atoms with Crippen LogP contribution in [0, 0.1) is 17.8 Å². The molecule has 1 spiro atoms. The number of nitrogens with one attached hydrogen (secondary N) is 1. The van der Waals surface area contributed by atoms with Crippen molar-refractivity contribution in [2.45, 2.75) is 101 Å². The number of phenols is 2. The molecule has 3 aliphatic heterocycles. The predicted octanol–water partition coefficient (Wildman–Crippen LogP) is 7.58. The number of rotatable bonds is 5. The average Bonchev–Trinajstić information content (AvgIpc) is 3.91. The zero-order chi connectivity index (χ0) is 39.7. The third-order valence-corrected chi connectivity index (χ3v) is 13.5. The van der Waals surface area contributed by atoms with E-state index in [1.165, 1.54) is 19.8 Å². The van der Waals surface area contributed by atoms with Crippen LogP contribution < -0.4 is 25.3 Å². The summed E-state index contributed by atoms with van der Waals surface area (Å²) in [7, 11) is 1.64.